The second-order valence-corrected chi connectivity index (χ2v) is 8.32. The summed E-state index contributed by atoms with van der Waals surface area (Å²) in [6, 6.07) is 14.7. The van der Waals surface area contributed by atoms with Gasteiger partial charge in [-0.05, 0) is 30.5 Å². The Labute approximate surface area is 174 Å². The fourth-order valence-corrected chi connectivity index (χ4v) is 4.87. The van der Waals surface area contributed by atoms with Crippen molar-refractivity contribution in [1.82, 2.24) is 10.2 Å². The van der Waals surface area contributed by atoms with Crippen LogP contribution in [0.1, 0.15) is 34.1 Å². The van der Waals surface area contributed by atoms with Gasteiger partial charge in [-0.1, -0.05) is 30.3 Å². The van der Waals surface area contributed by atoms with Gasteiger partial charge in [-0.3, -0.25) is 9.59 Å². The van der Waals surface area contributed by atoms with Crippen LogP contribution in [0.3, 0.4) is 0 Å². The molecule has 4 rings (SSSR count). The third-order valence-electron chi connectivity index (χ3n) is 5.14. The Morgan fingerprint density at radius 2 is 1.69 bits per heavy atom. The van der Waals surface area contributed by atoms with Crippen LogP contribution in [0, 0.1) is 0 Å². The Morgan fingerprint density at radius 1 is 1.03 bits per heavy atom. The first-order chi connectivity index (χ1) is 14.1. The molecule has 29 heavy (non-hydrogen) atoms. The minimum atomic E-state index is -0.518. The normalized spacial score (nSPS) is 21.0. The molecule has 2 unspecified atom stereocenters. The van der Waals surface area contributed by atoms with Crippen molar-refractivity contribution >= 4 is 23.6 Å². The van der Waals surface area contributed by atoms with Crippen molar-refractivity contribution in [2.75, 3.05) is 20.0 Å². The topological polar surface area (TPSA) is 67.9 Å². The third kappa shape index (κ3) is 4.19. The molecule has 0 aromatic heterocycles. The lowest BCUT2D eigenvalue weighted by molar-refractivity contribution is -0.125. The van der Waals surface area contributed by atoms with Crippen LogP contribution in [0.5, 0.6) is 11.5 Å². The lowest BCUT2D eigenvalue weighted by atomic mass is 10.1. The van der Waals surface area contributed by atoms with Gasteiger partial charge in [0.2, 0.25) is 5.91 Å². The van der Waals surface area contributed by atoms with E-state index in [-0.39, 0.29) is 23.2 Å². The molecular formula is C22H24N2O4S. The van der Waals surface area contributed by atoms with Crippen molar-refractivity contribution in [2.45, 2.75) is 30.3 Å². The maximum absolute atomic E-state index is 13.6. The van der Waals surface area contributed by atoms with Crippen molar-refractivity contribution in [2.24, 2.45) is 0 Å². The molecule has 2 atom stereocenters. The van der Waals surface area contributed by atoms with Crippen LogP contribution in [0.15, 0.2) is 48.5 Å². The van der Waals surface area contributed by atoms with Crippen LogP contribution >= 0.6 is 11.8 Å². The number of carbonyl (C=O) groups is 2. The molecule has 1 aliphatic carbocycles. The number of hydrogen-bond acceptors (Lipinski definition) is 5. The number of nitrogens with zero attached hydrogens (tertiary/aromatic N) is 1. The van der Waals surface area contributed by atoms with E-state index in [0.717, 1.165) is 18.4 Å². The van der Waals surface area contributed by atoms with Gasteiger partial charge in [0, 0.05) is 23.4 Å². The minimum absolute atomic E-state index is 0.0818. The highest BCUT2D eigenvalue weighted by Gasteiger charge is 2.43. The lowest BCUT2D eigenvalue weighted by Crippen LogP contribution is -2.48. The molecule has 0 spiro atoms. The summed E-state index contributed by atoms with van der Waals surface area (Å²) in [5, 5.41) is 2.83. The molecule has 6 nitrogen and oxygen atoms in total. The van der Waals surface area contributed by atoms with Crippen LogP contribution in [0.4, 0.5) is 0 Å². The molecule has 1 saturated carbocycles. The molecule has 2 aromatic carbocycles. The number of rotatable bonds is 6. The van der Waals surface area contributed by atoms with E-state index in [1.165, 1.54) is 0 Å². The Balaban J connectivity index is 1.69. The Kier molecular flexibility index (Phi) is 5.67. The summed E-state index contributed by atoms with van der Waals surface area (Å²) in [4.78, 5) is 28.2. The highest BCUT2D eigenvalue weighted by molar-refractivity contribution is 7.99. The van der Waals surface area contributed by atoms with Crippen LogP contribution in [0.25, 0.3) is 0 Å². The summed E-state index contributed by atoms with van der Waals surface area (Å²) in [5.41, 5.74) is 1.44. The second-order valence-electron chi connectivity index (χ2n) is 7.21. The number of methoxy groups -OCH3 is 2. The zero-order chi connectivity index (χ0) is 20.4. The van der Waals surface area contributed by atoms with Crippen LogP contribution in [-0.2, 0) is 4.79 Å². The van der Waals surface area contributed by atoms with Gasteiger partial charge in [-0.25, -0.2) is 0 Å². The third-order valence-corrected chi connectivity index (χ3v) is 6.47. The maximum Gasteiger partial charge on any atom is 0.256 e. The van der Waals surface area contributed by atoms with Crippen molar-refractivity contribution in [1.29, 1.82) is 0 Å². The van der Waals surface area contributed by atoms with Crippen LogP contribution in [-0.4, -0.2) is 48.8 Å². The standard InChI is InChI=1S/C22H24N2O4S/c1-27-17-10-15(11-18(12-17)28-2)21(26)24-19(20(25)23-16-8-9-16)13-29-22(24)14-6-4-3-5-7-14/h3-7,10-12,16,19,22H,8-9,13H2,1-2H3,(H,23,25). The van der Waals surface area contributed by atoms with Gasteiger partial charge in [0.1, 0.15) is 22.9 Å². The van der Waals surface area contributed by atoms with Gasteiger partial charge in [-0.15, -0.1) is 11.8 Å². The predicted octanol–water partition coefficient (Wildman–Crippen LogP) is 3.24. The van der Waals surface area contributed by atoms with E-state index >= 15 is 0 Å². The number of ether oxygens (including phenoxy) is 2. The molecule has 1 saturated heterocycles. The number of thioether (sulfide) groups is 1. The molecule has 2 fully saturated rings. The highest BCUT2D eigenvalue weighted by atomic mass is 32.2. The van der Waals surface area contributed by atoms with E-state index in [0.29, 0.717) is 22.8 Å². The fourth-order valence-electron chi connectivity index (χ4n) is 3.44. The van der Waals surface area contributed by atoms with Gasteiger partial charge in [-0.2, -0.15) is 0 Å². The molecule has 0 bridgehead atoms. The molecule has 2 amide bonds. The quantitative estimate of drug-likeness (QED) is 0.789. The number of hydrogen-bond donors (Lipinski definition) is 1. The Hall–Kier alpha value is -2.67. The van der Waals surface area contributed by atoms with E-state index in [2.05, 4.69) is 5.32 Å². The molecule has 152 valence electrons. The zero-order valence-corrected chi connectivity index (χ0v) is 17.3. The van der Waals surface area contributed by atoms with Gasteiger partial charge < -0.3 is 19.7 Å². The number of benzene rings is 2. The first-order valence-electron chi connectivity index (χ1n) is 9.63. The maximum atomic E-state index is 13.6. The first kappa shape index (κ1) is 19.6. The number of amides is 2. The summed E-state index contributed by atoms with van der Waals surface area (Å²) in [7, 11) is 3.10. The predicted molar refractivity (Wildman–Crippen MR) is 112 cm³/mol. The van der Waals surface area contributed by atoms with E-state index in [4.69, 9.17) is 9.47 Å². The van der Waals surface area contributed by atoms with Gasteiger partial charge >= 0.3 is 0 Å². The molecule has 2 aliphatic rings. The molecule has 1 heterocycles. The molecule has 1 N–H and O–H groups in total. The second kappa shape index (κ2) is 8.37. The molecule has 2 aromatic rings. The van der Waals surface area contributed by atoms with Gasteiger partial charge in [0.05, 0.1) is 14.2 Å². The van der Waals surface area contributed by atoms with Gasteiger partial charge in [0.25, 0.3) is 5.91 Å². The molecular weight excluding hydrogens is 388 g/mol. The smallest absolute Gasteiger partial charge is 0.256 e. The van der Waals surface area contributed by atoms with E-state index in [9.17, 15) is 9.59 Å². The van der Waals surface area contributed by atoms with Crippen molar-refractivity contribution in [3.05, 3.63) is 59.7 Å². The fraction of sp³-hybridized carbons (Fsp3) is 0.364. The average molecular weight is 413 g/mol. The summed E-state index contributed by atoms with van der Waals surface area (Å²) in [6.45, 7) is 0. The van der Waals surface area contributed by atoms with Crippen LogP contribution < -0.4 is 14.8 Å². The van der Waals surface area contributed by atoms with Crippen molar-refractivity contribution in [3.8, 4) is 11.5 Å². The highest BCUT2D eigenvalue weighted by Crippen LogP contribution is 2.43. The van der Waals surface area contributed by atoms with Gasteiger partial charge in [0.15, 0.2) is 0 Å². The summed E-state index contributed by atoms with van der Waals surface area (Å²) >= 11 is 1.61. The average Bonchev–Trinajstić information content (AvgIpc) is 3.46. The molecule has 7 heteroatoms. The first-order valence-corrected chi connectivity index (χ1v) is 10.7. The monoisotopic (exact) mass is 412 g/mol. The Morgan fingerprint density at radius 3 is 2.28 bits per heavy atom. The Bertz CT molecular complexity index is 879. The van der Waals surface area contributed by atoms with Crippen molar-refractivity contribution in [3.63, 3.8) is 0 Å². The van der Waals surface area contributed by atoms with E-state index < -0.39 is 6.04 Å². The van der Waals surface area contributed by atoms with E-state index in [1.54, 1.807) is 49.1 Å². The number of nitrogens with one attached hydrogen (secondary N) is 1. The van der Waals surface area contributed by atoms with E-state index in [1.807, 2.05) is 30.3 Å². The van der Waals surface area contributed by atoms with Crippen molar-refractivity contribution < 1.29 is 19.1 Å². The number of carbonyl (C=O) groups excluding carboxylic acids is 2. The summed E-state index contributed by atoms with van der Waals surface area (Å²) in [5.74, 6) is 1.34. The molecule has 0 radical (unpaired) electrons. The SMILES string of the molecule is COc1cc(OC)cc(C(=O)N2C(C(=O)NC3CC3)CSC2c2ccccc2)c1. The lowest BCUT2D eigenvalue weighted by Gasteiger charge is -2.29. The largest absolute Gasteiger partial charge is 0.497 e. The summed E-state index contributed by atoms with van der Waals surface area (Å²) in [6.07, 6.45) is 2.02. The zero-order valence-electron chi connectivity index (χ0n) is 16.5. The minimum Gasteiger partial charge on any atom is -0.497 e. The summed E-state index contributed by atoms with van der Waals surface area (Å²) < 4.78 is 10.6. The van der Waals surface area contributed by atoms with Crippen LogP contribution in [0.2, 0.25) is 0 Å². The molecule has 1 aliphatic heterocycles.